The fourth-order valence-electron chi connectivity index (χ4n) is 7.34. The van der Waals surface area contributed by atoms with E-state index in [-0.39, 0.29) is 0 Å². The third-order valence-corrected chi connectivity index (χ3v) is 12.1. The predicted octanol–water partition coefficient (Wildman–Crippen LogP) is 14.7. The molecule has 0 N–H and O–H groups in total. The molecule has 0 bridgehead atoms. The van der Waals surface area contributed by atoms with Crippen LogP contribution in [-0.4, -0.2) is 0 Å². The smallest absolute Gasteiger partial charge is 0.412 e. The van der Waals surface area contributed by atoms with Gasteiger partial charge in [0.05, 0.1) is 5.30 Å². The van der Waals surface area contributed by atoms with E-state index in [9.17, 15) is 0 Å². The standard InChI is InChI=1S/C54H39O3P/c55-58(54-36-33-48(42-23-11-3-12-24-42)39-51(54)45-29-17-6-18-30-45,56-52-34-31-46(40-19-7-1-8-20-40)37-49(52)43-25-13-4-14-26-43)57-53-35-32-47(41-21-9-2-10-22-41)38-50(53)44-27-15-5-16-28-44/h1-39H. The molecule has 0 amide bonds. The topological polar surface area (TPSA) is 35.5 Å². The molecule has 0 aliphatic carbocycles. The van der Waals surface area contributed by atoms with Crippen molar-refractivity contribution in [2.24, 2.45) is 0 Å². The summed E-state index contributed by atoms with van der Waals surface area (Å²) in [5.41, 5.74) is 11.3. The molecule has 0 spiro atoms. The second kappa shape index (κ2) is 16.5. The second-order valence-corrected chi connectivity index (χ2v) is 15.9. The third kappa shape index (κ3) is 7.77. The Morgan fingerprint density at radius 2 is 0.534 bits per heavy atom. The van der Waals surface area contributed by atoms with Crippen molar-refractivity contribution >= 4 is 12.9 Å². The van der Waals surface area contributed by atoms with E-state index in [1.807, 2.05) is 182 Å². The van der Waals surface area contributed by atoms with E-state index in [4.69, 9.17) is 9.05 Å². The summed E-state index contributed by atoms with van der Waals surface area (Å²) in [5.74, 6) is 0.894. The predicted molar refractivity (Wildman–Crippen MR) is 240 cm³/mol. The summed E-state index contributed by atoms with van der Waals surface area (Å²) in [6.45, 7) is 0. The van der Waals surface area contributed by atoms with Crippen molar-refractivity contribution in [2.45, 2.75) is 0 Å². The fourth-order valence-corrected chi connectivity index (χ4v) is 9.15. The van der Waals surface area contributed by atoms with Gasteiger partial charge in [-0.25, -0.2) is 4.57 Å². The Bertz CT molecular complexity index is 2700. The molecule has 0 atom stereocenters. The summed E-state index contributed by atoms with van der Waals surface area (Å²) >= 11 is 0. The average molecular weight is 767 g/mol. The molecule has 4 heteroatoms. The molecule has 58 heavy (non-hydrogen) atoms. The highest BCUT2D eigenvalue weighted by Gasteiger charge is 2.36. The van der Waals surface area contributed by atoms with Gasteiger partial charge in [-0.3, -0.25) is 0 Å². The lowest BCUT2D eigenvalue weighted by Gasteiger charge is -2.26. The van der Waals surface area contributed by atoms with Gasteiger partial charge in [0.25, 0.3) is 0 Å². The molecular formula is C54H39O3P. The molecule has 0 radical (unpaired) electrons. The largest absolute Gasteiger partial charge is 0.463 e. The van der Waals surface area contributed by atoms with Gasteiger partial charge in [0.15, 0.2) is 0 Å². The zero-order chi connectivity index (χ0) is 39.2. The Balaban J connectivity index is 1.26. The van der Waals surface area contributed by atoms with E-state index in [1.54, 1.807) is 0 Å². The van der Waals surface area contributed by atoms with E-state index in [1.165, 1.54) is 0 Å². The number of rotatable bonds is 11. The van der Waals surface area contributed by atoms with E-state index in [0.717, 1.165) is 66.8 Å². The number of hydrogen-bond donors (Lipinski definition) is 0. The van der Waals surface area contributed by atoms with Crippen molar-refractivity contribution in [3.8, 4) is 78.3 Å². The lowest BCUT2D eigenvalue weighted by Crippen LogP contribution is -2.18. The van der Waals surface area contributed by atoms with Crippen LogP contribution >= 0.6 is 7.60 Å². The Hall–Kier alpha value is -7.19. The summed E-state index contributed by atoms with van der Waals surface area (Å²) in [5, 5.41) is 0.454. The first-order valence-electron chi connectivity index (χ1n) is 19.4. The summed E-state index contributed by atoms with van der Waals surface area (Å²) in [6.07, 6.45) is 0. The Kier molecular flexibility index (Phi) is 10.4. The summed E-state index contributed by atoms with van der Waals surface area (Å²) in [7, 11) is -4.30. The zero-order valence-electron chi connectivity index (χ0n) is 31.7. The first-order chi connectivity index (χ1) is 28.6. The van der Waals surface area contributed by atoms with E-state index in [2.05, 4.69) is 54.6 Å². The molecule has 0 aliphatic rings. The minimum atomic E-state index is -4.30. The highest BCUT2D eigenvalue weighted by molar-refractivity contribution is 7.63. The lowest BCUT2D eigenvalue weighted by atomic mass is 9.98. The van der Waals surface area contributed by atoms with E-state index < -0.39 is 7.60 Å². The monoisotopic (exact) mass is 766 g/mol. The van der Waals surface area contributed by atoms with Crippen LogP contribution in [0.3, 0.4) is 0 Å². The van der Waals surface area contributed by atoms with Crippen LogP contribution in [-0.2, 0) is 4.57 Å². The molecule has 9 aromatic carbocycles. The summed E-state index contributed by atoms with van der Waals surface area (Å²) in [6, 6.07) is 79.0. The molecule has 0 aliphatic heterocycles. The van der Waals surface area contributed by atoms with Gasteiger partial charge in [0.2, 0.25) is 0 Å². The third-order valence-electron chi connectivity index (χ3n) is 10.3. The van der Waals surface area contributed by atoms with Gasteiger partial charge < -0.3 is 9.05 Å². The second-order valence-electron chi connectivity index (χ2n) is 14.0. The molecular weight excluding hydrogens is 728 g/mol. The van der Waals surface area contributed by atoms with Crippen LogP contribution < -0.4 is 14.4 Å². The maximum Gasteiger partial charge on any atom is 0.463 e. The Labute approximate surface area is 340 Å². The normalized spacial score (nSPS) is 11.2. The van der Waals surface area contributed by atoms with Crippen LogP contribution in [0.4, 0.5) is 0 Å². The van der Waals surface area contributed by atoms with Crippen LogP contribution in [0.15, 0.2) is 237 Å². The molecule has 9 aromatic rings. The average Bonchev–Trinajstić information content (AvgIpc) is 3.31. The fraction of sp³-hybridized carbons (Fsp3) is 0. The van der Waals surface area contributed by atoms with Gasteiger partial charge in [-0.1, -0.05) is 200 Å². The van der Waals surface area contributed by atoms with Gasteiger partial charge >= 0.3 is 7.60 Å². The Morgan fingerprint density at radius 1 is 0.259 bits per heavy atom. The van der Waals surface area contributed by atoms with Crippen molar-refractivity contribution in [1.82, 2.24) is 0 Å². The minimum absolute atomic E-state index is 0.447. The molecule has 0 heterocycles. The van der Waals surface area contributed by atoms with Crippen molar-refractivity contribution in [3.05, 3.63) is 237 Å². The van der Waals surface area contributed by atoms with Gasteiger partial charge in [0, 0.05) is 11.1 Å². The highest BCUT2D eigenvalue weighted by atomic mass is 31.2. The zero-order valence-corrected chi connectivity index (χ0v) is 32.6. The molecule has 0 saturated carbocycles. The number of benzene rings is 9. The molecule has 9 rings (SSSR count). The lowest BCUT2D eigenvalue weighted by molar-refractivity contribution is 0.400. The van der Waals surface area contributed by atoms with Crippen LogP contribution in [0.1, 0.15) is 0 Å². The Morgan fingerprint density at radius 3 is 0.879 bits per heavy atom. The van der Waals surface area contributed by atoms with Gasteiger partial charge in [-0.05, 0) is 92.0 Å². The van der Waals surface area contributed by atoms with E-state index >= 15 is 4.57 Å². The molecule has 3 nitrogen and oxygen atoms in total. The van der Waals surface area contributed by atoms with E-state index in [0.29, 0.717) is 16.8 Å². The molecule has 0 fully saturated rings. The summed E-state index contributed by atoms with van der Waals surface area (Å²) < 4.78 is 30.5. The van der Waals surface area contributed by atoms with Crippen molar-refractivity contribution in [3.63, 3.8) is 0 Å². The van der Waals surface area contributed by atoms with Crippen molar-refractivity contribution < 1.29 is 13.6 Å². The van der Waals surface area contributed by atoms with Gasteiger partial charge in [-0.2, -0.15) is 0 Å². The van der Waals surface area contributed by atoms with Crippen molar-refractivity contribution in [1.29, 1.82) is 0 Å². The van der Waals surface area contributed by atoms with Crippen LogP contribution in [0.25, 0.3) is 66.8 Å². The van der Waals surface area contributed by atoms with Gasteiger partial charge in [-0.15, -0.1) is 0 Å². The first kappa shape index (κ1) is 36.4. The van der Waals surface area contributed by atoms with Crippen LogP contribution in [0.5, 0.6) is 11.5 Å². The molecule has 0 unspecified atom stereocenters. The maximum atomic E-state index is 16.4. The van der Waals surface area contributed by atoms with Crippen LogP contribution in [0.2, 0.25) is 0 Å². The quantitative estimate of drug-likeness (QED) is 0.123. The maximum absolute atomic E-state index is 16.4. The number of hydrogen-bond acceptors (Lipinski definition) is 3. The molecule has 0 saturated heterocycles. The molecule has 278 valence electrons. The minimum Gasteiger partial charge on any atom is -0.412 e. The van der Waals surface area contributed by atoms with Crippen molar-refractivity contribution in [2.75, 3.05) is 0 Å². The first-order valence-corrected chi connectivity index (χ1v) is 20.9. The van der Waals surface area contributed by atoms with Gasteiger partial charge in [0.1, 0.15) is 11.5 Å². The highest BCUT2D eigenvalue weighted by Crippen LogP contribution is 2.54. The molecule has 0 aromatic heterocycles. The van der Waals surface area contributed by atoms with Crippen LogP contribution in [0, 0.1) is 0 Å². The SMILES string of the molecule is O=P(Oc1ccc(-c2ccccc2)cc1-c1ccccc1)(Oc1ccc(-c2ccccc2)cc1-c1ccccc1)c1ccc(-c2ccccc2)cc1-c1ccccc1. The summed E-state index contributed by atoms with van der Waals surface area (Å²) in [4.78, 5) is 0.